The second-order valence-corrected chi connectivity index (χ2v) is 8.34. The fraction of sp³-hybridized carbons (Fsp3) is 0.294. The molecule has 1 aromatic carbocycles. The van der Waals surface area contributed by atoms with Gasteiger partial charge in [0.25, 0.3) is 5.91 Å². The van der Waals surface area contributed by atoms with Gasteiger partial charge in [0.2, 0.25) is 5.95 Å². The maximum Gasteiger partial charge on any atom is 0.270 e. The highest BCUT2D eigenvalue weighted by molar-refractivity contribution is 7.91. The Labute approximate surface area is 151 Å². The Morgan fingerprint density at radius 3 is 2.81 bits per heavy atom. The largest absolute Gasteiger partial charge is 0.347 e. The van der Waals surface area contributed by atoms with Crippen molar-refractivity contribution in [1.29, 1.82) is 5.26 Å². The minimum Gasteiger partial charge on any atom is -0.347 e. The van der Waals surface area contributed by atoms with Crippen LogP contribution in [0.15, 0.2) is 30.3 Å². The molecule has 2 N–H and O–H groups in total. The highest BCUT2D eigenvalue weighted by Gasteiger charge is 2.29. The van der Waals surface area contributed by atoms with E-state index in [4.69, 9.17) is 5.26 Å². The molecule has 2 heterocycles. The number of aromatic nitrogens is 2. The highest BCUT2D eigenvalue weighted by Crippen LogP contribution is 2.16. The van der Waals surface area contributed by atoms with Crippen LogP contribution >= 0.6 is 0 Å². The third kappa shape index (κ3) is 4.34. The minimum absolute atomic E-state index is 0.0468. The number of aryl methyl sites for hydroxylation is 1. The molecule has 1 atom stereocenters. The summed E-state index contributed by atoms with van der Waals surface area (Å²) in [6, 6.07) is 10.00. The van der Waals surface area contributed by atoms with Gasteiger partial charge in [0.15, 0.2) is 9.84 Å². The molecule has 1 unspecified atom stereocenters. The van der Waals surface area contributed by atoms with E-state index in [-0.39, 0.29) is 23.1 Å². The lowest BCUT2D eigenvalue weighted by atomic mass is 10.2. The highest BCUT2D eigenvalue weighted by atomic mass is 32.2. The van der Waals surface area contributed by atoms with Crippen LogP contribution in [-0.2, 0) is 9.84 Å². The minimum atomic E-state index is -3.07. The summed E-state index contributed by atoms with van der Waals surface area (Å²) in [7, 11) is -3.07. The molecule has 1 fully saturated rings. The number of nitrogens with zero attached hydrogens (tertiary/aromatic N) is 3. The average molecular weight is 371 g/mol. The van der Waals surface area contributed by atoms with Crippen LogP contribution < -0.4 is 10.6 Å². The summed E-state index contributed by atoms with van der Waals surface area (Å²) in [5.74, 6) is -0.173. The number of hydrogen-bond acceptors (Lipinski definition) is 7. The van der Waals surface area contributed by atoms with E-state index in [1.165, 1.54) is 6.07 Å². The average Bonchev–Trinajstić information content (AvgIpc) is 2.93. The topological polar surface area (TPSA) is 125 Å². The lowest BCUT2D eigenvalue weighted by molar-refractivity contribution is 0.0936. The van der Waals surface area contributed by atoms with E-state index in [0.29, 0.717) is 23.4 Å². The third-order valence-electron chi connectivity index (χ3n) is 3.90. The zero-order valence-electron chi connectivity index (χ0n) is 14.1. The fourth-order valence-corrected chi connectivity index (χ4v) is 4.38. The summed E-state index contributed by atoms with van der Waals surface area (Å²) >= 11 is 0. The molecule has 9 heteroatoms. The summed E-state index contributed by atoms with van der Waals surface area (Å²) in [6.07, 6.45) is 0.407. The van der Waals surface area contributed by atoms with Crippen molar-refractivity contribution in [2.75, 3.05) is 16.8 Å². The molecule has 1 aromatic heterocycles. The summed E-state index contributed by atoms with van der Waals surface area (Å²) in [6.45, 7) is 1.73. The molecule has 0 aliphatic carbocycles. The Morgan fingerprint density at radius 2 is 2.12 bits per heavy atom. The van der Waals surface area contributed by atoms with E-state index in [9.17, 15) is 13.2 Å². The van der Waals surface area contributed by atoms with Gasteiger partial charge in [0, 0.05) is 17.4 Å². The molecule has 1 saturated heterocycles. The molecule has 1 aliphatic rings. The maximum absolute atomic E-state index is 12.4. The third-order valence-corrected chi connectivity index (χ3v) is 5.67. The molecule has 8 nitrogen and oxygen atoms in total. The van der Waals surface area contributed by atoms with Gasteiger partial charge in [-0.2, -0.15) is 5.26 Å². The fourth-order valence-electron chi connectivity index (χ4n) is 2.70. The van der Waals surface area contributed by atoms with Gasteiger partial charge in [0.05, 0.1) is 23.1 Å². The van der Waals surface area contributed by atoms with Crippen LogP contribution in [0.5, 0.6) is 0 Å². The van der Waals surface area contributed by atoms with Gasteiger partial charge in [0.1, 0.15) is 5.69 Å². The first-order valence-electron chi connectivity index (χ1n) is 7.99. The van der Waals surface area contributed by atoms with Crippen LogP contribution in [0, 0.1) is 18.3 Å². The second kappa shape index (κ2) is 7.09. The van der Waals surface area contributed by atoms with Gasteiger partial charge in [-0.3, -0.25) is 4.79 Å². The second-order valence-electron chi connectivity index (χ2n) is 6.11. The van der Waals surface area contributed by atoms with Crippen LogP contribution in [-0.4, -0.2) is 41.8 Å². The van der Waals surface area contributed by atoms with Crippen molar-refractivity contribution in [3.8, 4) is 6.07 Å². The number of anilines is 2. The SMILES string of the molecule is Cc1cc(C(=O)NC2CCS(=O)(=O)C2)nc(Nc2cccc(C#N)c2)n1. The zero-order valence-corrected chi connectivity index (χ0v) is 14.9. The van der Waals surface area contributed by atoms with Gasteiger partial charge < -0.3 is 10.6 Å². The van der Waals surface area contributed by atoms with E-state index in [1.54, 1.807) is 31.2 Å². The molecule has 134 valence electrons. The Kier molecular flexibility index (Phi) is 4.86. The molecule has 1 amide bonds. The van der Waals surface area contributed by atoms with Crippen molar-refractivity contribution >= 4 is 27.4 Å². The Hall–Kier alpha value is -2.99. The first kappa shape index (κ1) is 17.8. The number of benzene rings is 1. The van der Waals surface area contributed by atoms with Crippen molar-refractivity contribution in [2.24, 2.45) is 0 Å². The maximum atomic E-state index is 12.4. The van der Waals surface area contributed by atoms with Crippen molar-refractivity contribution < 1.29 is 13.2 Å². The summed E-state index contributed by atoms with van der Waals surface area (Å²) in [5, 5.41) is 14.6. The quantitative estimate of drug-likeness (QED) is 0.830. The number of hydrogen-bond donors (Lipinski definition) is 2. The molecule has 3 rings (SSSR count). The molecule has 26 heavy (non-hydrogen) atoms. The number of sulfone groups is 1. The number of carbonyl (C=O) groups is 1. The van der Waals surface area contributed by atoms with E-state index >= 15 is 0 Å². The number of amides is 1. The summed E-state index contributed by atoms with van der Waals surface area (Å²) < 4.78 is 23.0. The molecule has 1 aliphatic heterocycles. The van der Waals surface area contributed by atoms with Crippen LogP contribution in [0.1, 0.15) is 28.2 Å². The van der Waals surface area contributed by atoms with E-state index in [0.717, 1.165) is 0 Å². The number of carbonyl (C=O) groups excluding carboxylic acids is 1. The summed E-state index contributed by atoms with van der Waals surface area (Å²) in [4.78, 5) is 20.8. The van der Waals surface area contributed by atoms with E-state index in [1.807, 2.05) is 6.07 Å². The molecule has 0 radical (unpaired) electrons. The smallest absolute Gasteiger partial charge is 0.270 e. The Bertz CT molecular complexity index is 998. The zero-order chi connectivity index (χ0) is 18.7. The Morgan fingerprint density at radius 1 is 1.31 bits per heavy atom. The van der Waals surface area contributed by atoms with Crippen molar-refractivity contribution in [2.45, 2.75) is 19.4 Å². The van der Waals surface area contributed by atoms with Crippen LogP contribution in [0.3, 0.4) is 0 Å². The van der Waals surface area contributed by atoms with Crippen LogP contribution in [0.2, 0.25) is 0 Å². The molecular weight excluding hydrogens is 354 g/mol. The van der Waals surface area contributed by atoms with Gasteiger partial charge >= 0.3 is 0 Å². The van der Waals surface area contributed by atoms with E-state index in [2.05, 4.69) is 20.6 Å². The standard InChI is InChI=1S/C17H17N5O3S/c1-11-7-15(16(23)20-14-5-6-26(24,25)10-14)22-17(19-11)21-13-4-2-3-12(8-13)9-18/h2-4,7-8,14H,5-6,10H2,1H3,(H,20,23)(H,19,21,22). The van der Waals surface area contributed by atoms with Gasteiger partial charge in [-0.15, -0.1) is 0 Å². The van der Waals surface area contributed by atoms with Crippen molar-refractivity contribution in [3.05, 3.63) is 47.3 Å². The molecule has 0 saturated carbocycles. The summed E-state index contributed by atoms with van der Waals surface area (Å²) in [5.41, 5.74) is 1.86. The molecular formula is C17H17N5O3S. The number of nitrogens with one attached hydrogen (secondary N) is 2. The molecule has 0 spiro atoms. The predicted molar refractivity (Wildman–Crippen MR) is 95.7 cm³/mol. The predicted octanol–water partition coefficient (Wildman–Crippen LogP) is 1.32. The normalized spacial score (nSPS) is 18.1. The number of nitriles is 1. The van der Waals surface area contributed by atoms with Gasteiger partial charge in [-0.05, 0) is 37.6 Å². The lowest BCUT2D eigenvalue weighted by Gasteiger charge is -2.12. The van der Waals surface area contributed by atoms with Crippen molar-refractivity contribution in [1.82, 2.24) is 15.3 Å². The van der Waals surface area contributed by atoms with Gasteiger partial charge in [-0.1, -0.05) is 6.07 Å². The van der Waals surface area contributed by atoms with Crippen LogP contribution in [0.25, 0.3) is 0 Å². The van der Waals surface area contributed by atoms with Crippen LogP contribution in [0.4, 0.5) is 11.6 Å². The van der Waals surface area contributed by atoms with Gasteiger partial charge in [-0.25, -0.2) is 18.4 Å². The monoisotopic (exact) mass is 371 g/mol. The molecule has 0 bridgehead atoms. The van der Waals surface area contributed by atoms with E-state index < -0.39 is 21.8 Å². The van der Waals surface area contributed by atoms with Crippen molar-refractivity contribution in [3.63, 3.8) is 0 Å². The first-order valence-corrected chi connectivity index (χ1v) is 9.81. The lowest BCUT2D eigenvalue weighted by Crippen LogP contribution is -2.36. The Balaban J connectivity index is 1.77. The number of rotatable bonds is 4. The molecule has 2 aromatic rings. The first-order chi connectivity index (χ1) is 12.3.